The SMILES string of the molecule is CCCCC(CC(C)(C)OCCC(C)(C)OC)C(=O)Oc1ccc(COC(=O)On2c(O)ccc2O)cc1. The fourth-order valence-electron chi connectivity index (χ4n) is 3.67. The summed E-state index contributed by atoms with van der Waals surface area (Å²) in [5.41, 5.74) is -0.160. The van der Waals surface area contributed by atoms with E-state index in [1.54, 1.807) is 31.4 Å². The van der Waals surface area contributed by atoms with E-state index >= 15 is 0 Å². The number of aromatic hydroxyl groups is 2. The minimum Gasteiger partial charge on any atom is -0.492 e. The standard InChI is InChI=1S/C28H41NO9/c1-7-8-9-21(18-28(4,5)36-17-16-27(2,3)34-6)25(32)37-22-12-10-20(11-13-22)19-35-26(33)38-29-23(30)14-15-24(29)31/h10-15,21,30-31H,7-9,16-19H2,1-6H3. The van der Waals surface area contributed by atoms with Gasteiger partial charge in [0.1, 0.15) is 12.4 Å². The third-order valence-corrected chi connectivity index (χ3v) is 6.19. The van der Waals surface area contributed by atoms with Gasteiger partial charge in [0, 0.05) is 19.2 Å². The van der Waals surface area contributed by atoms with E-state index in [1.165, 1.54) is 0 Å². The van der Waals surface area contributed by atoms with E-state index in [0.29, 0.717) is 35.5 Å². The summed E-state index contributed by atoms with van der Waals surface area (Å²) in [6.07, 6.45) is 2.72. The zero-order chi connectivity index (χ0) is 28.3. The molecule has 0 saturated carbocycles. The molecule has 1 unspecified atom stereocenters. The van der Waals surface area contributed by atoms with Crippen LogP contribution >= 0.6 is 0 Å². The molecule has 0 aliphatic rings. The predicted molar refractivity (Wildman–Crippen MR) is 140 cm³/mol. The number of hydrogen-bond acceptors (Lipinski definition) is 9. The van der Waals surface area contributed by atoms with Gasteiger partial charge in [0.25, 0.3) is 0 Å². The lowest BCUT2D eigenvalue weighted by molar-refractivity contribution is -0.143. The van der Waals surface area contributed by atoms with Crippen LogP contribution < -0.4 is 9.57 Å². The molecular weight excluding hydrogens is 494 g/mol. The van der Waals surface area contributed by atoms with Crippen molar-refractivity contribution in [3.05, 3.63) is 42.0 Å². The minimum absolute atomic E-state index is 0.125. The first-order valence-corrected chi connectivity index (χ1v) is 12.8. The summed E-state index contributed by atoms with van der Waals surface area (Å²) >= 11 is 0. The summed E-state index contributed by atoms with van der Waals surface area (Å²) in [5, 5.41) is 19.0. The first-order chi connectivity index (χ1) is 17.9. The Hall–Kier alpha value is -3.24. The number of nitrogens with zero attached hydrogens (tertiary/aromatic N) is 1. The van der Waals surface area contributed by atoms with Crippen LogP contribution in [0.15, 0.2) is 36.4 Å². The second-order valence-electron chi connectivity index (χ2n) is 10.4. The molecule has 0 radical (unpaired) electrons. The number of hydrogen-bond donors (Lipinski definition) is 2. The fourth-order valence-corrected chi connectivity index (χ4v) is 3.67. The van der Waals surface area contributed by atoms with Gasteiger partial charge in [0.2, 0.25) is 11.8 Å². The molecule has 1 atom stereocenters. The lowest BCUT2D eigenvalue weighted by atomic mass is 9.89. The zero-order valence-corrected chi connectivity index (χ0v) is 23.2. The van der Waals surface area contributed by atoms with Crippen molar-refractivity contribution in [3.63, 3.8) is 0 Å². The van der Waals surface area contributed by atoms with Crippen LogP contribution in [0.2, 0.25) is 0 Å². The molecule has 0 bridgehead atoms. The van der Waals surface area contributed by atoms with Crippen molar-refractivity contribution in [3.8, 4) is 17.5 Å². The second-order valence-corrected chi connectivity index (χ2v) is 10.4. The quantitative estimate of drug-likeness (QED) is 0.228. The second kappa shape index (κ2) is 14.1. The number of unbranched alkanes of at least 4 members (excludes halogenated alkanes) is 1. The summed E-state index contributed by atoms with van der Waals surface area (Å²) in [7, 11) is 1.68. The molecule has 1 aromatic heterocycles. The van der Waals surface area contributed by atoms with Gasteiger partial charge in [-0.05, 0) is 64.7 Å². The number of carbonyl (C=O) groups is 2. The summed E-state index contributed by atoms with van der Waals surface area (Å²) in [6, 6.07) is 8.88. The molecule has 0 spiro atoms. The van der Waals surface area contributed by atoms with Crippen LogP contribution in [0.1, 0.15) is 72.3 Å². The topological polar surface area (TPSA) is 126 Å². The molecule has 2 rings (SSSR count). The Morgan fingerprint density at radius 2 is 1.61 bits per heavy atom. The Balaban J connectivity index is 1.90. The number of rotatable bonds is 15. The van der Waals surface area contributed by atoms with Gasteiger partial charge < -0.3 is 29.2 Å². The maximum absolute atomic E-state index is 13.1. The lowest BCUT2D eigenvalue weighted by Crippen LogP contribution is -2.34. The normalized spacial score (nSPS) is 12.7. The Labute approximate surface area is 224 Å². The molecule has 2 aromatic rings. The molecule has 2 N–H and O–H groups in total. The van der Waals surface area contributed by atoms with Crippen LogP contribution in [-0.2, 0) is 25.6 Å². The molecule has 0 aliphatic carbocycles. The van der Waals surface area contributed by atoms with Crippen LogP contribution in [-0.4, -0.2) is 52.0 Å². The molecule has 38 heavy (non-hydrogen) atoms. The number of benzene rings is 1. The average Bonchev–Trinajstić information content (AvgIpc) is 3.17. The highest BCUT2D eigenvalue weighted by Crippen LogP contribution is 2.28. The van der Waals surface area contributed by atoms with Crippen LogP contribution in [0, 0.1) is 5.92 Å². The Morgan fingerprint density at radius 3 is 2.18 bits per heavy atom. The van der Waals surface area contributed by atoms with E-state index in [9.17, 15) is 19.8 Å². The molecular formula is C28H41NO9. The van der Waals surface area contributed by atoms with Gasteiger partial charge in [-0.3, -0.25) is 9.63 Å². The minimum atomic E-state index is -1.11. The Kier molecular flexibility index (Phi) is 11.5. The van der Waals surface area contributed by atoms with Crippen molar-refractivity contribution in [1.82, 2.24) is 4.73 Å². The highest BCUT2D eigenvalue weighted by atomic mass is 16.8. The summed E-state index contributed by atoms with van der Waals surface area (Å²) < 4.78 is 22.8. The van der Waals surface area contributed by atoms with E-state index in [0.717, 1.165) is 31.4 Å². The van der Waals surface area contributed by atoms with E-state index < -0.39 is 23.5 Å². The van der Waals surface area contributed by atoms with Crippen LogP contribution in [0.4, 0.5) is 4.79 Å². The first-order valence-electron chi connectivity index (χ1n) is 12.8. The van der Waals surface area contributed by atoms with Crippen molar-refractivity contribution < 1.29 is 43.6 Å². The van der Waals surface area contributed by atoms with Crippen molar-refractivity contribution in [2.75, 3.05) is 13.7 Å². The van der Waals surface area contributed by atoms with Crippen LogP contribution in [0.3, 0.4) is 0 Å². The summed E-state index contributed by atoms with van der Waals surface area (Å²) in [5.74, 6) is -1.16. The van der Waals surface area contributed by atoms with Gasteiger partial charge in [-0.2, -0.15) is 0 Å². The molecule has 10 heteroatoms. The third kappa shape index (κ3) is 10.3. The van der Waals surface area contributed by atoms with Crippen molar-refractivity contribution in [2.45, 2.75) is 84.5 Å². The summed E-state index contributed by atoms with van der Waals surface area (Å²) in [4.78, 5) is 29.6. The van der Waals surface area contributed by atoms with Gasteiger partial charge >= 0.3 is 12.1 Å². The van der Waals surface area contributed by atoms with Crippen LogP contribution in [0.25, 0.3) is 0 Å². The van der Waals surface area contributed by atoms with Crippen molar-refractivity contribution >= 4 is 12.1 Å². The van der Waals surface area contributed by atoms with Crippen molar-refractivity contribution in [1.29, 1.82) is 0 Å². The van der Waals surface area contributed by atoms with Crippen LogP contribution in [0.5, 0.6) is 17.5 Å². The largest absolute Gasteiger partial charge is 0.534 e. The van der Waals surface area contributed by atoms with E-state index in [2.05, 4.69) is 6.92 Å². The zero-order valence-electron chi connectivity index (χ0n) is 23.2. The number of carbonyl (C=O) groups excluding carboxylic acids is 2. The smallest absolute Gasteiger partial charge is 0.492 e. The third-order valence-electron chi connectivity index (χ3n) is 6.19. The Morgan fingerprint density at radius 1 is 0.974 bits per heavy atom. The molecule has 10 nitrogen and oxygen atoms in total. The molecule has 0 fully saturated rings. The van der Waals surface area contributed by atoms with Gasteiger partial charge in [-0.25, -0.2) is 4.79 Å². The predicted octanol–water partition coefficient (Wildman–Crippen LogP) is 5.38. The Bertz CT molecular complexity index is 1010. The van der Waals surface area contributed by atoms with Gasteiger partial charge in [-0.1, -0.05) is 31.9 Å². The first kappa shape index (κ1) is 31.0. The highest BCUT2D eigenvalue weighted by molar-refractivity contribution is 5.75. The molecule has 212 valence electrons. The van der Waals surface area contributed by atoms with Gasteiger partial charge in [-0.15, -0.1) is 4.73 Å². The maximum atomic E-state index is 13.1. The molecule has 0 saturated heterocycles. The highest BCUT2D eigenvalue weighted by Gasteiger charge is 2.30. The summed E-state index contributed by atoms with van der Waals surface area (Å²) in [6.45, 7) is 10.5. The van der Waals surface area contributed by atoms with E-state index in [4.69, 9.17) is 23.8 Å². The number of methoxy groups -OCH3 is 1. The molecule has 0 aliphatic heterocycles. The molecule has 0 amide bonds. The van der Waals surface area contributed by atoms with Crippen molar-refractivity contribution in [2.24, 2.45) is 5.92 Å². The molecule has 1 aromatic carbocycles. The monoisotopic (exact) mass is 535 g/mol. The lowest BCUT2D eigenvalue weighted by Gasteiger charge is -2.31. The van der Waals surface area contributed by atoms with E-state index in [-0.39, 0.29) is 24.1 Å². The van der Waals surface area contributed by atoms with Gasteiger partial charge in [0.15, 0.2) is 0 Å². The number of ether oxygens (including phenoxy) is 4. The fraction of sp³-hybridized carbons (Fsp3) is 0.571. The van der Waals surface area contributed by atoms with Gasteiger partial charge in [0.05, 0.1) is 23.7 Å². The number of esters is 1. The molecule has 1 heterocycles. The average molecular weight is 536 g/mol. The number of aromatic nitrogens is 1. The van der Waals surface area contributed by atoms with E-state index in [1.807, 2.05) is 27.7 Å². The maximum Gasteiger partial charge on any atom is 0.534 e.